The SMILES string of the molecule is O=S(=O)(O)C(F)(F)C(F)(F)C(F)(F)S(=O)(=O)ON1CCCCCCC1. The molecule has 1 fully saturated rings. The molecule has 25 heavy (non-hydrogen) atoms. The molecule has 0 aromatic heterocycles. The Bertz CT molecular complexity index is 672. The number of halogens is 6. The van der Waals surface area contributed by atoms with E-state index in [0.29, 0.717) is 17.9 Å². The van der Waals surface area contributed by atoms with E-state index in [4.69, 9.17) is 4.55 Å². The van der Waals surface area contributed by atoms with Gasteiger partial charge in [-0.3, -0.25) is 4.55 Å². The lowest BCUT2D eigenvalue weighted by molar-refractivity contribution is -0.251. The van der Waals surface area contributed by atoms with Crippen LogP contribution in [0.2, 0.25) is 0 Å². The van der Waals surface area contributed by atoms with E-state index in [1.165, 1.54) is 0 Å². The fourth-order valence-electron chi connectivity index (χ4n) is 1.97. The average molecular weight is 423 g/mol. The summed E-state index contributed by atoms with van der Waals surface area (Å²) in [5.41, 5.74) is 0. The third-order valence-electron chi connectivity index (χ3n) is 3.39. The number of hydrogen-bond acceptors (Lipinski definition) is 6. The van der Waals surface area contributed by atoms with Gasteiger partial charge in [-0.2, -0.15) is 52.5 Å². The molecule has 1 N–H and O–H groups in total. The highest BCUT2D eigenvalue weighted by Crippen LogP contribution is 2.51. The predicted molar refractivity (Wildman–Crippen MR) is 71.1 cm³/mol. The monoisotopic (exact) mass is 423 g/mol. The molecule has 0 aromatic rings. The van der Waals surface area contributed by atoms with Crippen LogP contribution in [0.25, 0.3) is 0 Å². The first-order valence-corrected chi connectivity index (χ1v) is 9.72. The average Bonchev–Trinajstić information content (AvgIpc) is 2.39. The Labute approximate surface area is 139 Å². The quantitative estimate of drug-likeness (QED) is 0.516. The van der Waals surface area contributed by atoms with Crippen molar-refractivity contribution < 1.29 is 52.0 Å². The van der Waals surface area contributed by atoms with Gasteiger partial charge in [0.1, 0.15) is 0 Å². The van der Waals surface area contributed by atoms with Crippen molar-refractivity contribution in [1.82, 2.24) is 5.06 Å². The van der Waals surface area contributed by atoms with Crippen molar-refractivity contribution in [3.63, 3.8) is 0 Å². The molecule has 1 aliphatic rings. The molecule has 7 nitrogen and oxygen atoms in total. The molecule has 150 valence electrons. The van der Waals surface area contributed by atoms with Crippen molar-refractivity contribution in [1.29, 1.82) is 0 Å². The number of nitrogens with zero attached hydrogens (tertiary/aromatic N) is 1. The van der Waals surface area contributed by atoms with Gasteiger partial charge in [-0.15, -0.1) is 0 Å². The Kier molecular flexibility index (Phi) is 6.42. The highest BCUT2D eigenvalue weighted by Gasteiger charge is 2.82. The highest BCUT2D eigenvalue weighted by molar-refractivity contribution is 7.88. The first-order valence-electron chi connectivity index (χ1n) is 6.87. The zero-order valence-electron chi connectivity index (χ0n) is 12.5. The lowest BCUT2D eigenvalue weighted by atomic mass is 10.1. The molecule has 1 rings (SSSR count). The summed E-state index contributed by atoms with van der Waals surface area (Å²) in [6.07, 6.45) is 2.48. The van der Waals surface area contributed by atoms with E-state index in [9.17, 15) is 43.2 Å². The molecular formula is C10H15F6NO6S2. The Morgan fingerprint density at radius 1 is 0.760 bits per heavy atom. The Balaban J connectivity index is 3.16. The van der Waals surface area contributed by atoms with Crippen molar-refractivity contribution in [2.75, 3.05) is 13.1 Å². The first-order chi connectivity index (χ1) is 11.1. The molecule has 0 bridgehead atoms. The standard InChI is InChI=1S/C10H15F6NO6S2/c11-8(12,9(13,14)24(18,19)20)10(15,16)25(21,22)23-17-6-4-2-1-3-5-7-17/h1-7H2,(H,18,19,20). The number of hydroxylamine groups is 2. The Morgan fingerprint density at radius 3 is 1.56 bits per heavy atom. The van der Waals surface area contributed by atoms with Crippen LogP contribution < -0.4 is 0 Å². The predicted octanol–water partition coefficient (Wildman–Crippen LogP) is 2.22. The summed E-state index contributed by atoms with van der Waals surface area (Å²) in [5.74, 6) is -6.99. The molecule has 0 atom stereocenters. The van der Waals surface area contributed by atoms with Gasteiger partial charge in [0.15, 0.2) is 0 Å². The molecule has 0 aliphatic carbocycles. The van der Waals surface area contributed by atoms with Crippen LogP contribution in [-0.4, -0.2) is 56.0 Å². The maximum Gasteiger partial charge on any atom is 0.441 e. The second-order valence-corrected chi connectivity index (χ2v) is 8.34. The lowest BCUT2D eigenvalue weighted by Crippen LogP contribution is -2.61. The zero-order chi connectivity index (χ0) is 19.7. The molecule has 0 radical (unpaired) electrons. The summed E-state index contributed by atoms with van der Waals surface area (Å²) < 4.78 is 135. The lowest BCUT2D eigenvalue weighted by Gasteiger charge is -2.31. The minimum Gasteiger partial charge on any atom is -0.281 e. The second-order valence-electron chi connectivity index (χ2n) is 5.31. The Hall–Kier alpha value is -0.640. The molecule has 1 saturated heterocycles. The number of hydrogen-bond donors (Lipinski definition) is 1. The summed E-state index contributed by atoms with van der Waals surface area (Å²) in [6.45, 7) is -0.481. The summed E-state index contributed by atoms with van der Waals surface area (Å²) in [4.78, 5) is 0. The van der Waals surface area contributed by atoms with Crippen LogP contribution in [-0.2, 0) is 24.5 Å². The van der Waals surface area contributed by atoms with Gasteiger partial charge in [0.25, 0.3) is 0 Å². The van der Waals surface area contributed by atoms with Crippen LogP contribution in [0.4, 0.5) is 26.3 Å². The van der Waals surface area contributed by atoms with Crippen LogP contribution in [0, 0.1) is 0 Å². The second kappa shape index (κ2) is 7.17. The maximum atomic E-state index is 13.6. The van der Waals surface area contributed by atoms with Crippen LogP contribution in [0.15, 0.2) is 0 Å². The minimum atomic E-state index is -7.04. The summed E-state index contributed by atoms with van der Waals surface area (Å²) >= 11 is 0. The maximum absolute atomic E-state index is 13.6. The van der Waals surface area contributed by atoms with E-state index in [1.807, 2.05) is 0 Å². The largest absolute Gasteiger partial charge is 0.441 e. The van der Waals surface area contributed by atoms with E-state index in [0.717, 1.165) is 6.42 Å². The molecule has 0 unspecified atom stereocenters. The third kappa shape index (κ3) is 4.20. The van der Waals surface area contributed by atoms with Gasteiger partial charge < -0.3 is 0 Å². The van der Waals surface area contributed by atoms with Crippen molar-refractivity contribution in [2.24, 2.45) is 0 Å². The summed E-state index contributed by atoms with van der Waals surface area (Å²) in [7, 11) is -13.7. The number of alkyl halides is 6. The Morgan fingerprint density at radius 2 is 1.16 bits per heavy atom. The summed E-state index contributed by atoms with van der Waals surface area (Å²) in [5, 5.41) is -13.0. The third-order valence-corrected chi connectivity index (χ3v) is 5.58. The normalized spacial score (nSPS) is 20.1. The fourth-order valence-corrected chi connectivity index (χ4v) is 3.45. The fraction of sp³-hybridized carbons (Fsp3) is 1.00. The van der Waals surface area contributed by atoms with Gasteiger partial charge in [-0.1, -0.05) is 19.3 Å². The van der Waals surface area contributed by atoms with Crippen molar-refractivity contribution >= 4 is 20.2 Å². The van der Waals surface area contributed by atoms with E-state index in [2.05, 4.69) is 4.28 Å². The minimum absolute atomic E-state index is 0.241. The highest BCUT2D eigenvalue weighted by atomic mass is 32.2. The molecule has 15 heteroatoms. The van der Waals surface area contributed by atoms with E-state index in [1.54, 1.807) is 0 Å². The van der Waals surface area contributed by atoms with E-state index < -0.39 is 36.7 Å². The van der Waals surface area contributed by atoms with Crippen LogP contribution in [0.3, 0.4) is 0 Å². The molecule has 0 saturated carbocycles. The van der Waals surface area contributed by atoms with Gasteiger partial charge in [0.05, 0.1) is 0 Å². The topological polar surface area (TPSA) is 101 Å². The van der Waals surface area contributed by atoms with Gasteiger partial charge in [-0.25, -0.2) is 0 Å². The van der Waals surface area contributed by atoms with E-state index >= 15 is 0 Å². The van der Waals surface area contributed by atoms with Crippen molar-refractivity contribution in [2.45, 2.75) is 48.5 Å². The van der Waals surface area contributed by atoms with Gasteiger partial charge in [-0.05, 0) is 12.8 Å². The molecule has 0 spiro atoms. The van der Waals surface area contributed by atoms with Crippen LogP contribution in [0.5, 0.6) is 0 Å². The molecular weight excluding hydrogens is 408 g/mol. The number of rotatable bonds is 6. The van der Waals surface area contributed by atoms with Crippen LogP contribution >= 0.6 is 0 Å². The van der Waals surface area contributed by atoms with E-state index in [-0.39, 0.29) is 25.9 Å². The molecule has 0 aromatic carbocycles. The molecule has 1 heterocycles. The van der Waals surface area contributed by atoms with Crippen molar-refractivity contribution in [3.8, 4) is 0 Å². The first kappa shape index (κ1) is 22.4. The van der Waals surface area contributed by atoms with Crippen molar-refractivity contribution in [3.05, 3.63) is 0 Å². The summed E-state index contributed by atoms with van der Waals surface area (Å²) in [6, 6.07) is 0. The molecule has 0 amide bonds. The smallest absolute Gasteiger partial charge is 0.281 e. The van der Waals surface area contributed by atoms with Gasteiger partial charge in [0, 0.05) is 13.1 Å². The zero-order valence-corrected chi connectivity index (χ0v) is 14.1. The molecule has 1 aliphatic heterocycles. The van der Waals surface area contributed by atoms with Gasteiger partial charge >= 0.3 is 36.7 Å². The van der Waals surface area contributed by atoms with Gasteiger partial charge in [0.2, 0.25) is 0 Å². The van der Waals surface area contributed by atoms with Crippen LogP contribution in [0.1, 0.15) is 32.1 Å².